The van der Waals surface area contributed by atoms with E-state index in [0.29, 0.717) is 0 Å². The van der Waals surface area contributed by atoms with Crippen LogP contribution < -0.4 is 5.73 Å². The molecule has 4 heteroatoms. The summed E-state index contributed by atoms with van der Waals surface area (Å²) < 4.78 is 4.88. The van der Waals surface area contributed by atoms with Crippen LogP contribution >= 0.6 is 0 Å². The minimum atomic E-state index is -1.85. The molecule has 4 nitrogen and oxygen atoms in total. The molecule has 0 aliphatic heterocycles. The largest absolute Gasteiger partial charge is 0.457 e. The van der Waals surface area contributed by atoms with Gasteiger partial charge in [-0.2, -0.15) is 0 Å². The van der Waals surface area contributed by atoms with Crippen molar-refractivity contribution in [3.05, 3.63) is 0 Å². The smallest absolute Gasteiger partial charge is 0.353 e. The SMILES string of the molecule is CC[C@](N)(O)C(=O)OC(C)(C)C. The molecule has 0 unspecified atom stereocenters. The molecular formula is C8H17NO3. The number of nitrogens with two attached hydrogens (primary N) is 1. The third kappa shape index (κ3) is 3.69. The van der Waals surface area contributed by atoms with Crippen molar-refractivity contribution in [1.29, 1.82) is 0 Å². The summed E-state index contributed by atoms with van der Waals surface area (Å²) >= 11 is 0. The second-order valence-corrected chi connectivity index (χ2v) is 3.78. The first-order valence-electron chi connectivity index (χ1n) is 3.94. The molecule has 0 spiro atoms. The maximum Gasteiger partial charge on any atom is 0.353 e. The first-order chi connectivity index (χ1) is 5.19. The second kappa shape index (κ2) is 3.41. The molecule has 0 aromatic carbocycles. The summed E-state index contributed by atoms with van der Waals surface area (Å²) in [4.78, 5) is 11.1. The van der Waals surface area contributed by atoms with E-state index in [4.69, 9.17) is 10.5 Å². The molecule has 1 atom stereocenters. The van der Waals surface area contributed by atoms with Gasteiger partial charge in [-0.3, -0.25) is 5.73 Å². The van der Waals surface area contributed by atoms with Gasteiger partial charge >= 0.3 is 5.97 Å². The van der Waals surface area contributed by atoms with Crippen LogP contribution in [-0.2, 0) is 9.53 Å². The number of carbonyl (C=O) groups is 1. The van der Waals surface area contributed by atoms with Crippen molar-refractivity contribution in [1.82, 2.24) is 0 Å². The Balaban J connectivity index is 4.23. The molecule has 0 radical (unpaired) electrons. The first-order valence-corrected chi connectivity index (χ1v) is 3.94. The molecule has 0 aliphatic carbocycles. The molecule has 0 fully saturated rings. The Hall–Kier alpha value is -0.610. The van der Waals surface area contributed by atoms with Gasteiger partial charge in [-0.05, 0) is 27.2 Å². The van der Waals surface area contributed by atoms with Gasteiger partial charge in [0.25, 0.3) is 0 Å². The van der Waals surface area contributed by atoms with Crippen molar-refractivity contribution in [3.8, 4) is 0 Å². The molecule has 0 aliphatic rings. The van der Waals surface area contributed by atoms with E-state index in [9.17, 15) is 9.90 Å². The van der Waals surface area contributed by atoms with Gasteiger partial charge in [-0.25, -0.2) is 4.79 Å². The van der Waals surface area contributed by atoms with Gasteiger partial charge in [0.2, 0.25) is 5.72 Å². The quantitative estimate of drug-likeness (QED) is 0.470. The van der Waals surface area contributed by atoms with Gasteiger partial charge in [-0.15, -0.1) is 0 Å². The van der Waals surface area contributed by atoms with Crippen LogP contribution in [0.5, 0.6) is 0 Å². The van der Waals surface area contributed by atoms with E-state index in [2.05, 4.69) is 0 Å². The van der Waals surface area contributed by atoms with Gasteiger partial charge in [0, 0.05) is 0 Å². The normalized spacial score (nSPS) is 16.8. The highest BCUT2D eigenvalue weighted by molar-refractivity contribution is 5.78. The van der Waals surface area contributed by atoms with Crippen LogP contribution in [0.2, 0.25) is 0 Å². The van der Waals surface area contributed by atoms with E-state index >= 15 is 0 Å². The van der Waals surface area contributed by atoms with E-state index < -0.39 is 17.3 Å². The van der Waals surface area contributed by atoms with Crippen molar-refractivity contribution in [2.45, 2.75) is 45.4 Å². The molecular weight excluding hydrogens is 158 g/mol. The maximum atomic E-state index is 11.1. The van der Waals surface area contributed by atoms with Crippen molar-refractivity contribution in [3.63, 3.8) is 0 Å². The third-order valence-electron chi connectivity index (χ3n) is 1.29. The summed E-state index contributed by atoms with van der Waals surface area (Å²) in [5.74, 6) is -0.780. The zero-order chi connectivity index (χ0) is 9.99. The molecule has 0 bridgehead atoms. The topological polar surface area (TPSA) is 72.5 Å². The Kier molecular flexibility index (Phi) is 3.24. The van der Waals surface area contributed by atoms with Crippen LogP contribution in [0.15, 0.2) is 0 Å². The molecule has 0 saturated carbocycles. The molecule has 0 heterocycles. The van der Waals surface area contributed by atoms with E-state index in [-0.39, 0.29) is 6.42 Å². The summed E-state index contributed by atoms with van der Waals surface area (Å²) in [6.07, 6.45) is 0.141. The van der Waals surface area contributed by atoms with E-state index in [0.717, 1.165) is 0 Å². The number of aliphatic hydroxyl groups is 1. The molecule has 0 amide bonds. The number of rotatable bonds is 2. The van der Waals surface area contributed by atoms with Crippen LogP contribution in [0.25, 0.3) is 0 Å². The predicted octanol–water partition coefficient (Wildman–Crippen LogP) is 0.385. The molecule has 0 rings (SSSR count). The first kappa shape index (κ1) is 11.4. The number of hydrogen-bond donors (Lipinski definition) is 2. The monoisotopic (exact) mass is 175 g/mol. The van der Waals surface area contributed by atoms with Gasteiger partial charge in [0.15, 0.2) is 0 Å². The van der Waals surface area contributed by atoms with Crippen molar-refractivity contribution >= 4 is 5.97 Å². The molecule has 12 heavy (non-hydrogen) atoms. The molecule has 3 N–H and O–H groups in total. The fraction of sp³-hybridized carbons (Fsp3) is 0.875. The number of esters is 1. The fourth-order valence-corrected chi connectivity index (χ4v) is 0.511. The highest BCUT2D eigenvalue weighted by Gasteiger charge is 2.33. The summed E-state index contributed by atoms with van der Waals surface area (Å²) in [5.41, 5.74) is 2.78. The Bertz CT molecular complexity index is 170. The highest BCUT2D eigenvalue weighted by Crippen LogP contribution is 2.12. The Morgan fingerprint density at radius 2 is 1.92 bits per heavy atom. The Morgan fingerprint density at radius 3 is 2.17 bits per heavy atom. The van der Waals surface area contributed by atoms with Crippen LogP contribution in [0.1, 0.15) is 34.1 Å². The molecule has 0 aromatic rings. The van der Waals surface area contributed by atoms with Crippen LogP contribution in [-0.4, -0.2) is 22.4 Å². The molecule has 0 saturated heterocycles. The average Bonchev–Trinajstić information content (AvgIpc) is 1.84. The van der Waals surface area contributed by atoms with Crippen LogP contribution in [0.3, 0.4) is 0 Å². The van der Waals surface area contributed by atoms with E-state index in [1.807, 2.05) is 0 Å². The standard InChI is InChI=1S/C8H17NO3/c1-5-8(9,11)6(10)12-7(2,3)4/h11H,5,9H2,1-4H3/t8-/m0/s1. The lowest BCUT2D eigenvalue weighted by atomic mass is 10.1. The minimum Gasteiger partial charge on any atom is -0.457 e. The lowest BCUT2D eigenvalue weighted by Crippen LogP contribution is -2.50. The second-order valence-electron chi connectivity index (χ2n) is 3.78. The lowest BCUT2D eigenvalue weighted by molar-refractivity contribution is -0.177. The Morgan fingerprint density at radius 1 is 1.50 bits per heavy atom. The summed E-state index contributed by atoms with van der Waals surface area (Å²) in [6.45, 7) is 6.77. The summed E-state index contributed by atoms with van der Waals surface area (Å²) in [7, 11) is 0. The molecule has 72 valence electrons. The van der Waals surface area contributed by atoms with Crippen molar-refractivity contribution in [2.24, 2.45) is 5.73 Å². The fourth-order valence-electron chi connectivity index (χ4n) is 0.511. The molecule has 0 aromatic heterocycles. The van der Waals surface area contributed by atoms with Gasteiger partial charge < -0.3 is 9.84 Å². The predicted molar refractivity (Wildman–Crippen MR) is 45.3 cm³/mol. The highest BCUT2D eigenvalue weighted by atomic mass is 16.6. The number of hydrogen-bond acceptors (Lipinski definition) is 4. The maximum absolute atomic E-state index is 11.1. The zero-order valence-electron chi connectivity index (χ0n) is 8.05. The van der Waals surface area contributed by atoms with E-state index in [1.54, 1.807) is 27.7 Å². The average molecular weight is 175 g/mol. The van der Waals surface area contributed by atoms with E-state index in [1.165, 1.54) is 0 Å². The number of ether oxygens (including phenoxy) is 1. The third-order valence-corrected chi connectivity index (χ3v) is 1.29. The van der Waals surface area contributed by atoms with Gasteiger partial charge in [-0.1, -0.05) is 6.92 Å². The van der Waals surface area contributed by atoms with Gasteiger partial charge in [0.05, 0.1) is 0 Å². The summed E-state index contributed by atoms with van der Waals surface area (Å²) in [5, 5.41) is 9.26. The Labute approximate surface area is 72.7 Å². The van der Waals surface area contributed by atoms with Crippen molar-refractivity contribution < 1.29 is 14.6 Å². The zero-order valence-corrected chi connectivity index (χ0v) is 8.05. The summed E-state index contributed by atoms with van der Waals surface area (Å²) in [6, 6.07) is 0. The van der Waals surface area contributed by atoms with Gasteiger partial charge in [0.1, 0.15) is 5.60 Å². The number of carbonyl (C=O) groups excluding carboxylic acids is 1. The minimum absolute atomic E-state index is 0.141. The lowest BCUT2D eigenvalue weighted by Gasteiger charge is -2.26. The van der Waals surface area contributed by atoms with Crippen LogP contribution in [0, 0.1) is 0 Å². The van der Waals surface area contributed by atoms with Crippen molar-refractivity contribution in [2.75, 3.05) is 0 Å². The van der Waals surface area contributed by atoms with Crippen LogP contribution in [0.4, 0.5) is 0 Å².